The van der Waals surface area contributed by atoms with Gasteiger partial charge in [0.2, 0.25) is 5.89 Å². The third-order valence-electron chi connectivity index (χ3n) is 9.51. The molecule has 60 heavy (non-hydrogen) atoms. The Morgan fingerprint density at radius 3 is 2.15 bits per heavy atom. The summed E-state index contributed by atoms with van der Waals surface area (Å²) in [6.07, 6.45) is 1.06. The van der Waals surface area contributed by atoms with E-state index in [1.165, 1.54) is 23.8 Å². The van der Waals surface area contributed by atoms with Gasteiger partial charge in [-0.3, -0.25) is 0 Å². The molecule has 0 fully saturated rings. The van der Waals surface area contributed by atoms with Gasteiger partial charge in [-0.25, -0.2) is 0 Å². The molecule has 4 aromatic carbocycles. The average molecular weight is 979 g/mol. The summed E-state index contributed by atoms with van der Waals surface area (Å²) in [4.78, 5) is 8.96. The number of aryl methyl sites for hydroxylation is 2. The van der Waals surface area contributed by atoms with Crippen molar-refractivity contribution in [2.75, 3.05) is 0 Å². The van der Waals surface area contributed by atoms with Gasteiger partial charge in [0.05, 0.1) is 18.1 Å². The molecule has 0 aliphatic rings. The Bertz CT molecular complexity index is 3210. The number of nitrogens with zero attached hydrogens (tertiary/aromatic N) is 5. The number of hydrogen-bond acceptors (Lipinski definition) is 7. The second kappa shape index (κ2) is 17.1. The topological polar surface area (TPSA) is 102 Å². The fraction of sp³-hybridized carbons (Fsp3) is 0.288. The number of rotatable bonds is 5. The van der Waals surface area contributed by atoms with Crippen LogP contribution >= 0.6 is 0 Å². The number of aromatic nitrogens is 4. The number of furan rings is 1. The van der Waals surface area contributed by atoms with Gasteiger partial charge < -0.3 is 18.8 Å². The van der Waals surface area contributed by atoms with Gasteiger partial charge in [-0.2, -0.15) is 5.26 Å². The van der Waals surface area contributed by atoms with E-state index in [2.05, 4.69) is 71.3 Å². The summed E-state index contributed by atoms with van der Waals surface area (Å²) in [5.74, 6) is 0.464. The van der Waals surface area contributed by atoms with Crippen LogP contribution in [-0.4, -0.2) is 20.2 Å². The summed E-state index contributed by atoms with van der Waals surface area (Å²) in [7, 11) is 0. The minimum atomic E-state index is -2.84. The van der Waals surface area contributed by atoms with Crippen molar-refractivity contribution in [1.29, 1.82) is 5.26 Å². The molecule has 0 atom stereocenters. The van der Waals surface area contributed by atoms with Gasteiger partial charge in [0.15, 0.2) is 0 Å². The number of fused-ring (bicyclic) bond motifs is 3. The van der Waals surface area contributed by atoms with E-state index in [0.29, 0.717) is 39.0 Å². The zero-order chi connectivity index (χ0) is 49.9. The van der Waals surface area contributed by atoms with Crippen LogP contribution in [-0.2, 0) is 37.3 Å². The van der Waals surface area contributed by atoms with Gasteiger partial charge in [-0.1, -0.05) is 116 Å². The largest absolute Gasteiger partial charge is 0.500 e. The van der Waals surface area contributed by atoms with Crippen LogP contribution in [0.4, 0.5) is 0 Å². The molecule has 7 nitrogen and oxygen atoms in total. The second-order valence-electron chi connectivity index (χ2n) is 17.5. The molecule has 8 rings (SSSR count). The molecule has 0 aliphatic carbocycles. The number of pyridine rings is 2. The molecule has 0 spiro atoms. The fourth-order valence-electron chi connectivity index (χ4n) is 6.50. The zero-order valence-corrected chi connectivity index (χ0v) is 37.4. The summed E-state index contributed by atoms with van der Waals surface area (Å²) in [6, 6.07) is 30.9. The third-order valence-corrected chi connectivity index (χ3v) is 9.51. The first kappa shape index (κ1) is 33.0. The average Bonchev–Trinajstić information content (AvgIpc) is 3.91. The van der Waals surface area contributed by atoms with Crippen molar-refractivity contribution in [2.45, 2.75) is 93.2 Å². The van der Waals surface area contributed by atoms with E-state index < -0.39 is 30.9 Å². The summed E-state index contributed by atoms with van der Waals surface area (Å²) < 4.78 is 89.2. The summed E-state index contributed by atoms with van der Waals surface area (Å²) in [6.45, 7) is 11.7. The third kappa shape index (κ3) is 9.34. The molecule has 8 aromatic rings. The van der Waals surface area contributed by atoms with Gasteiger partial charge in [0.1, 0.15) is 11.7 Å². The normalized spacial score (nSPS) is 14.7. The van der Waals surface area contributed by atoms with Crippen LogP contribution in [0.1, 0.15) is 108 Å². The van der Waals surface area contributed by atoms with Gasteiger partial charge in [0.25, 0.3) is 5.89 Å². The van der Waals surface area contributed by atoms with Crippen molar-refractivity contribution in [1.82, 2.24) is 20.2 Å². The molecule has 0 saturated heterocycles. The molecule has 4 heterocycles. The molecule has 307 valence electrons. The van der Waals surface area contributed by atoms with E-state index in [1.807, 2.05) is 51.2 Å². The van der Waals surface area contributed by atoms with Gasteiger partial charge >= 0.3 is 0 Å². The number of hydrogen-bond donors (Lipinski definition) is 0. The van der Waals surface area contributed by atoms with Crippen molar-refractivity contribution in [3.05, 3.63) is 143 Å². The van der Waals surface area contributed by atoms with E-state index in [-0.39, 0.29) is 76.5 Å². The zero-order valence-electron chi connectivity index (χ0n) is 44.0. The Balaban J connectivity index is 0.000000388. The monoisotopic (exact) mass is 979 g/mol. The van der Waals surface area contributed by atoms with E-state index >= 15 is 0 Å². The SMILES string of the molecule is CC(C)(C)c1ccc(-c2[c-]cccc2)nc1.[2H]c1cc(C([2H])([2H])C(C)(C)C)cc(C([2H])([2H])[2H])c1-c1cc(-c2[c-]ccc3c2oc2c(-c4nnc(C(C)(C)C)o4)c(C#N)ccc23)ncc1C([2H])([2H])[2H].[Ir]. The van der Waals surface area contributed by atoms with Crippen LogP contribution in [0.15, 0.2) is 106 Å². The smallest absolute Gasteiger partial charge is 0.252 e. The summed E-state index contributed by atoms with van der Waals surface area (Å²) in [5.41, 5.74) is 2.74. The maximum atomic E-state index is 10.0. The molecule has 0 bridgehead atoms. The van der Waals surface area contributed by atoms with Gasteiger partial charge in [0, 0.05) is 54.3 Å². The van der Waals surface area contributed by atoms with Crippen LogP contribution < -0.4 is 0 Å². The number of benzene rings is 4. The Labute approximate surface area is 380 Å². The molecule has 4 aromatic heterocycles. The van der Waals surface area contributed by atoms with Gasteiger partial charge in [-0.15, -0.1) is 64.3 Å². The summed E-state index contributed by atoms with van der Waals surface area (Å²) in [5, 5.41) is 19.7. The van der Waals surface area contributed by atoms with Crippen LogP contribution in [0.3, 0.4) is 0 Å². The Hall–Kier alpha value is -5.74. The molecular formula is C52H51IrN5O2-2. The van der Waals surface area contributed by atoms with Crippen molar-refractivity contribution in [3.63, 3.8) is 0 Å². The van der Waals surface area contributed by atoms with Gasteiger partial charge in [-0.05, 0) is 81.7 Å². The van der Waals surface area contributed by atoms with E-state index in [0.717, 1.165) is 17.5 Å². The minimum Gasteiger partial charge on any atom is -0.500 e. The maximum absolute atomic E-state index is 10.0. The van der Waals surface area contributed by atoms with Crippen LogP contribution in [0.25, 0.3) is 67.0 Å². The molecule has 0 amide bonds. The predicted molar refractivity (Wildman–Crippen MR) is 238 cm³/mol. The van der Waals surface area contributed by atoms with E-state index in [1.54, 1.807) is 45.0 Å². The van der Waals surface area contributed by atoms with Crippen molar-refractivity contribution < 1.29 is 41.3 Å². The fourth-order valence-corrected chi connectivity index (χ4v) is 6.50. The first-order chi connectivity index (χ1) is 31.5. The molecule has 8 heteroatoms. The first-order valence-corrected chi connectivity index (χ1v) is 19.3. The molecule has 1 radical (unpaired) electrons. The van der Waals surface area contributed by atoms with Crippen LogP contribution in [0, 0.1) is 42.6 Å². The van der Waals surface area contributed by atoms with E-state index in [4.69, 9.17) is 21.2 Å². The predicted octanol–water partition coefficient (Wildman–Crippen LogP) is 13.4. The first-order valence-electron chi connectivity index (χ1n) is 23.8. The minimum absolute atomic E-state index is 0. The molecule has 0 aliphatic heterocycles. The number of nitriles is 1. The Morgan fingerprint density at radius 2 is 1.52 bits per heavy atom. The molecular weight excluding hydrogens is 919 g/mol. The van der Waals surface area contributed by atoms with Crippen LogP contribution in [0.2, 0.25) is 0 Å². The quantitative estimate of drug-likeness (QED) is 0.158. The maximum Gasteiger partial charge on any atom is 0.252 e. The Kier molecular flexibility index (Phi) is 9.41. The van der Waals surface area contributed by atoms with Crippen molar-refractivity contribution in [3.8, 4) is 51.2 Å². The molecule has 0 saturated carbocycles. The standard InChI is InChI=1S/C37H35N4O2.C15H16N.Ir/c1-21-16-23(18-36(3,4)5)12-14-25(21)29-17-30(39-20-22(29)2)28-11-9-10-26-27-15-13-24(19-38)31(33(27)42-32(26)28)34-40-41-35(43-34)37(6,7)8;1-15(2,3)13-9-10-14(16-11-13)12-7-5-4-6-8-12;/h9-10,12-17,20H,18H2,1-8H3;4-7,9-11H,1-3H3;/q2*-1;/i1D3,2D3,14D,18D2;;. The summed E-state index contributed by atoms with van der Waals surface area (Å²) >= 11 is 0. The Morgan fingerprint density at radius 1 is 0.750 bits per heavy atom. The molecule has 0 unspecified atom stereocenters. The van der Waals surface area contributed by atoms with E-state index in [9.17, 15) is 5.26 Å². The molecule has 0 N–H and O–H groups in total. The van der Waals surface area contributed by atoms with Crippen molar-refractivity contribution in [2.24, 2.45) is 5.41 Å². The second-order valence-corrected chi connectivity index (χ2v) is 17.5. The van der Waals surface area contributed by atoms with Crippen molar-refractivity contribution >= 4 is 21.9 Å². The van der Waals surface area contributed by atoms with Crippen LogP contribution in [0.5, 0.6) is 0 Å².